The number of benzene rings is 1. The van der Waals surface area contributed by atoms with E-state index in [-0.39, 0.29) is 0 Å². The number of carbonyl (C=O) groups excluding carboxylic acids is 1. The van der Waals surface area contributed by atoms with Gasteiger partial charge in [0.15, 0.2) is 11.5 Å². The molecule has 0 unspecified atom stereocenters. The van der Waals surface area contributed by atoms with Crippen molar-refractivity contribution in [1.82, 2.24) is 5.01 Å². The zero-order valence-corrected chi connectivity index (χ0v) is 9.84. The molecule has 1 aliphatic rings. The van der Waals surface area contributed by atoms with Crippen molar-refractivity contribution < 1.29 is 14.3 Å². The van der Waals surface area contributed by atoms with E-state index in [1.807, 2.05) is 18.2 Å². The number of nitrogens with zero attached hydrogens (tertiary/aromatic N) is 2. The first-order valence-corrected chi connectivity index (χ1v) is 5.30. The van der Waals surface area contributed by atoms with Gasteiger partial charge in [-0.15, -0.1) is 0 Å². The molecule has 0 N–H and O–H groups in total. The van der Waals surface area contributed by atoms with Crippen LogP contribution in [0.1, 0.15) is 12.0 Å². The molecule has 1 aromatic rings. The summed E-state index contributed by atoms with van der Waals surface area (Å²) in [7, 11) is 3.19. The van der Waals surface area contributed by atoms with Crippen molar-refractivity contribution in [3.63, 3.8) is 0 Å². The van der Waals surface area contributed by atoms with Crippen molar-refractivity contribution in [2.75, 3.05) is 20.8 Å². The Morgan fingerprint density at radius 3 is 2.65 bits per heavy atom. The van der Waals surface area contributed by atoms with Gasteiger partial charge in [0.05, 0.1) is 19.9 Å². The van der Waals surface area contributed by atoms with E-state index in [0.29, 0.717) is 18.0 Å². The van der Waals surface area contributed by atoms with Gasteiger partial charge in [0.1, 0.15) is 0 Å². The van der Waals surface area contributed by atoms with Gasteiger partial charge in [-0.25, -0.2) is 5.01 Å². The monoisotopic (exact) mass is 234 g/mol. The molecule has 0 radical (unpaired) electrons. The SMILES string of the molecule is COc1ccc(C2=NN(C=O)CC2)cc1OC. The summed E-state index contributed by atoms with van der Waals surface area (Å²) in [5.74, 6) is 1.35. The minimum Gasteiger partial charge on any atom is -0.493 e. The van der Waals surface area contributed by atoms with Crippen molar-refractivity contribution in [2.45, 2.75) is 6.42 Å². The maximum Gasteiger partial charge on any atom is 0.229 e. The standard InChI is InChI=1S/C12H14N2O3/c1-16-11-4-3-9(7-12(11)17-2)10-5-6-14(8-15)13-10/h3-4,7-8H,5-6H2,1-2H3. The summed E-state index contributed by atoms with van der Waals surface area (Å²) in [6.45, 7) is 0.632. The Balaban J connectivity index is 2.31. The van der Waals surface area contributed by atoms with Crippen molar-refractivity contribution in [1.29, 1.82) is 0 Å². The van der Waals surface area contributed by atoms with Crippen LogP contribution >= 0.6 is 0 Å². The van der Waals surface area contributed by atoms with Crippen LogP contribution in [0.3, 0.4) is 0 Å². The average Bonchev–Trinajstić information content (AvgIpc) is 2.86. The third-order valence-corrected chi connectivity index (χ3v) is 2.67. The topological polar surface area (TPSA) is 51.1 Å². The summed E-state index contributed by atoms with van der Waals surface area (Å²) in [6, 6.07) is 5.61. The van der Waals surface area contributed by atoms with Gasteiger partial charge >= 0.3 is 0 Å². The molecule has 90 valence electrons. The van der Waals surface area contributed by atoms with Crippen LogP contribution in [0.5, 0.6) is 11.5 Å². The van der Waals surface area contributed by atoms with Gasteiger partial charge in [0.25, 0.3) is 0 Å². The van der Waals surface area contributed by atoms with E-state index in [2.05, 4.69) is 5.10 Å². The third-order valence-electron chi connectivity index (χ3n) is 2.67. The lowest BCUT2D eigenvalue weighted by Crippen LogP contribution is -2.09. The van der Waals surface area contributed by atoms with Crippen molar-refractivity contribution in [2.24, 2.45) is 5.10 Å². The number of hydrogen-bond acceptors (Lipinski definition) is 4. The predicted octanol–water partition coefficient (Wildman–Crippen LogP) is 1.27. The molecule has 0 fully saturated rings. The second-order valence-electron chi connectivity index (χ2n) is 3.63. The highest BCUT2D eigenvalue weighted by Crippen LogP contribution is 2.28. The normalized spacial score (nSPS) is 14.5. The molecule has 1 amide bonds. The lowest BCUT2D eigenvalue weighted by molar-refractivity contribution is -0.117. The zero-order valence-electron chi connectivity index (χ0n) is 9.84. The fourth-order valence-corrected chi connectivity index (χ4v) is 1.77. The molecule has 0 aliphatic carbocycles. The summed E-state index contributed by atoms with van der Waals surface area (Å²) in [4.78, 5) is 10.6. The Bertz CT molecular complexity index is 457. The lowest BCUT2D eigenvalue weighted by Gasteiger charge is -2.08. The van der Waals surface area contributed by atoms with Gasteiger partial charge < -0.3 is 9.47 Å². The Labute approximate surface area is 99.6 Å². The highest BCUT2D eigenvalue weighted by molar-refractivity contribution is 6.02. The molecule has 2 rings (SSSR count). The molecular weight excluding hydrogens is 220 g/mol. The van der Waals surface area contributed by atoms with Crippen molar-refractivity contribution in [3.05, 3.63) is 23.8 Å². The van der Waals surface area contributed by atoms with Gasteiger partial charge in [-0.2, -0.15) is 5.10 Å². The van der Waals surface area contributed by atoms with E-state index in [0.717, 1.165) is 24.1 Å². The van der Waals surface area contributed by atoms with Crippen LogP contribution < -0.4 is 9.47 Å². The molecule has 0 atom stereocenters. The summed E-state index contributed by atoms with van der Waals surface area (Å²) >= 11 is 0. The number of amides is 1. The molecular formula is C12H14N2O3. The fraction of sp³-hybridized carbons (Fsp3) is 0.333. The van der Waals surface area contributed by atoms with Gasteiger partial charge in [-0.05, 0) is 18.2 Å². The molecule has 0 spiro atoms. The number of hydrazone groups is 1. The Morgan fingerprint density at radius 2 is 2.06 bits per heavy atom. The van der Waals surface area contributed by atoms with Crippen LogP contribution in [0.15, 0.2) is 23.3 Å². The van der Waals surface area contributed by atoms with E-state index < -0.39 is 0 Å². The minimum atomic E-state index is 0.632. The Kier molecular flexibility index (Phi) is 3.27. The van der Waals surface area contributed by atoms with Gasteiger partial charge in [-0.1, -0.05) is 0 Å². The van der Waals surface area contributed by atoms with Crippen LogP contribution in [0.25, 0.3) is 0 Å². The number of hydrogen-bond donors (Lipinski definition) is 0. The van der Waals surface area contributed by atoms with E-state index in [4.69, 9.17) is 9.47 Å². The fourth-order valence-electron chi connectivity index (χ4n) is 1.77. The first-order valence-electron chi connectivity index (χ1n) is 5.30. The summed E-state index contributed by atoms with van der Waals surface area (Å²) < 4.78 is 10.4. The van der Waals surface area contributed by atoms with Crippen LogP contribution in [0.4, 0.5) is 0 Å². The molecule has 0 saturated heterocycles. The van der Waals surface area contributed by atoms with Crippen LogP contribution in [0.2, 0.25) is 0 Å². The summed E-state index contributed by atoms with van der Waals surface area (Å²) in [6.07, 6.45) is 1.49. The quantitative estimate of drug-likeness (QED) is 0.737. The second kappa shape index (κ2) is 4.86. The van der Waals surface area contributed by atoms with Crippen LogP contribution in [-0.2, 0) is 4.79 Å². The van der Waals surface area contributed by atoms with Crippen LogP contribution in [0, 0.1) is 0 Å². The zero-order chi connectivity index (χ0) is 12.3. The van der Waals surface area contributed by atoms with Crippen molar-refractivity contribution >= 4 is 12.1 Å². The smallest absolute Gasteiger partial charge is 0.229 e. The average molecular weight is 234 g/mol. The number of rotatable bonds is 4. The largest absolute Gasteiger partial charge is 0.493 e. The molecule has 0 aromatic heterocycles. The first-order chi connectivity index (χ1) is 8.28. The molecule has 17 heavy (non-hydrogen) atoms. The molecule has 1 aliphatic heterocycles. The lowest BCUT2D eigenvalue weighted by atomic mass is 10.1. The molecule has 1 heterocycles. The van der Waals surface area contributed by atoms with E-state index >= 15 is 0 Å². The van der Waals surface area contributed by atoms with Gasteiger partial charge in [-0.3, -0.25) is 4.79 Å². The second-order valence-corrected chi connectivity index (χ2v) is 3.63. The molecule has 0 bridgehead atoms. The third kappa shape index (κ3) is 2.22. The van der Waals surface area contributed by atoms with Crippen molar-refractivity contribution in [3.8, 4) is 11.5 Å². The number of ether oxygens (including phenoxy) is 2. The van der Waals surface area contributed by atoms with Gasteiger partial charge in [0, 0.05) is 18.5 Å². The summed E-state index contributed by atoms with van der Waals surface area (Å²) in [5, 5.41) is 5.59. The molecule has 5 nitrogen and oxygen atoms in total. The number of methoxy groups -OCH3 is 2. The van der Waals surface area contributed by atoms with E-state index in [1.165, 1.54) is 5.01 Å². The van der Waals surface area contributed by atoms with E-state index in [9.17, 15) is 4.79 Å². The highest BCUT2D eigenvalue weighted by Gasteiger charge is 2.16. The predicted molar refractivity (Wildman–Crippen MR) is 63.5 cm³/mol. The molecule has 0 saturated carbocycles. The molecule has 5 heteroatoms. The number of carbonyl (C=O) groups is 1. The maximum absolute atomic E-state index is 10.6. The van der Waals surface area contributed by atoms with Gasteiger partial charge in [0.2, 0.25) is 6.41 Å². The van der Waals surface area contributed by atoms with Crippen LogP contribution in [-0.4, -0.2) is 37.9 Å². The van der Waals surface area contributed by atoms with E-state index in [1.54, 1.807) is 14.2 Å². The highest BCUT2D eigenvalue weighted by atomic mass is 16.5. The minimum absolute atomic E-state index is 0.632. The Hall–Kier alpha value is -2.04. The summed E-state index contributed by atoms with van der Waals surface area (Å²) in [5.41, 5.74) is 1.84. The first kappa shape index (κ1) is 11.4. The molecule has 1 aromatic carbocycles. The Morgan fingerprint density at radius 1 is 1.29 bits per heavy atom. The maximum atomic E-state index is 10.6.